The number of hydrogen-bond donors (Lipinski definition) is 1. The average molecular weight is 259 g/mol. The Kier molecular flexibility index (Phi) is 3.96. The summed E-state index contributed by atoms with van der Waals surface area (Å²) in [4.78, 5) is 0. The van der Waals surface area contributed by atoms with Gasteiger partial charge in [0.2, 0.25) is 0 Å². The van der Waals surface area contributed by atoms with Gasteiger partial charge in [-0.1, -0.05) is 6.07 Å². The van der Waals surface area contributed by atoms with Gasteiger partial charge in [-0.05, 0) is 51.1 Å². The molecule has 0 bridgehead atoms. The summed E-state index contributed by atoms with van der Waals surface area (Å²) in [5.41, 5.74) is 4.74. The molecule has 1 aromatic heterocycles. The lowest BCUT2D eigenvalue weighted by Crippen LogP contribution is -2.20. The Balaban J connectivity index is 2.59. The number of hydrogen-bond acceptors (Lipinski definition) is 3. The molecule has 0 fully saturated rings. The zero-order valence-corrected chi connectivity index (χ0v) is 12.2. The van der Waals surface area contributed by atoms with E-state index in [1.54, 1.807) is 13.4 Å². The van der Waals surface area contributed by atoms with Crippen LogP contribution in [0.15, 0.2) is 28.9 Å². The highest BCUT2D eigenvalue weighted by Crippen LogP contribution is 2.35. The molecular weight excluding hydrogens is 238 g/mol. The van der Waals surface area contributed by atoms with Crippen LogP contribution in [0.3, 0.4) is 0 Å². The molecule has 0 amide bonds. The first-order valence-electron chi connectivity index (χ1n) is 6.44. The summed E-state index contributed by atoms with van der Waals surface area (Å²) in [6.45, 7) is 6.18. The number of methoxy groups -OCH3 is 1. The van der Waals surface area contributed by atoms with Gasteiger partial charge in [-0.15, -0.1) is 0 Å². The molecule has 19 heavy (non-hydrogen) atoms. The van der Waals surface area contributed by atoms with Crippen LogP contribution in [0.2, 0.25) is 0 Å². The van der Waals surface area contributed by atoms with Crippen LogP contribution in [0.1, 0.15) is 34.1 Å². The lowest BCUT2D eigenvalue weighted by atomic mass is 9.93. The van der Waals surface area contributed by atoms with Crippen LogP contribution in [0.5, 0.6) is 5.75 Å². The van der Waals surface area contributed by atoms with E-state index in [2.05, 4.69) is 31.3 Å². The molecule has 0 saturated carbocycles. The van der Waals surface area contributed by atoms with Crippen LogP contribution in [-0.4, -0.2) is 14.2 Å². The first-order valence-corrected chi connectivity index (χ1v) is 6.44. The lowest BCUT2D eigenvalue weighted by molar-refractivity contribution is 0.404. The van der Waals surface area contributed by atoms with Crippen molar-refractivity contribution in [1.82, 2.24) is 5.32 Å². The first-order chi connectivity index (χ1) is 9.08. The monoisotopic (exact) mass is 259 g/mol. The Morgan fingerprint density at radius 1 is 1.21 bits per heavy atom. The summed E-state index contributed by atoms with van der Waals surface area (Å²) in [7, 11) is 3.67. The predicted molar refractivity (Wildman–Crippen MR) is 76.8 cm³/mol. The van der Waals surface area contributed by atoms with E-state index in [1.807, 2.05) is 20.0 Å². The molecule has 0 aliphatic rings. The molecule has 2 rings (SSSR count). The Labute approximate surface area is 114 Å². The van der Waals surface area contributed by atoms with Crippen molar-refractivity contribution in [3.05, 3.63) is 52.5 Å². The minimum Gasteiger partial charge on any atom is -0.496 e. The van der Waals surface area contributed by atoms with Gasteiger partial charge in [-0.2, -0.15) is 0 Å². The number of benzene rings is 1. The van der Waals surface area contributed by atoms with Crippen LogP contribution in [0, 0.1) is 20.8 Å². The minimum absolute atomic E-state index is 0.0781. The fraction of sp³-hybridized carbons (Fsp3) is 0.375. The van der Waals surface area contributed by atoms with Gasteiger partial charge in [-0.3, -0.25) is 0 Å². The molecule has 1 heterocycles. The molecule has 2 aromatic rings. The van der Waals surface area contributed by atoms with Crippen molar-refractivity contribution >= 4 is 0 Å². The Morgan fingerprint density at radius 2 is 1.95 bits per heavy atom. The fourth-order valence-electron chi connectivity index (χ4n) is 2.63. The Morgan fingerprint density at radius 3 is 2.47 bits per heavy atom. The summed E-state index contributed by atoms with van der Waals surface area (Å²) < 4.78 is 11.0. The van der Waals surface area contributed by atoms with Gasteiger partial charge in [0.25, 0.3) is 0 Å². The maximum Gasteiger partial charge on any atom is 0.124 e. The molecule has 0 radical (unpaired) electrons. The summed E-state index contributed by atoms with van der Waals surface area (Å²) in [5.74, 6) is 1.85. The topological polar surface area (TPSA) is 34.4 Å². The Hall–Kier alpha value is -1.74. The van der Waals surface area contributed by atoms with E-state index < -0.39 is 0 Å². The summed E-state index contributed by atoms with van der Waals surface area (Å²) in [6.07, 6.45) is 1.73. The standard InChI is InChI=1S/C16H21NO2/c1-10-8-11(2)15(14(9-10)18-5)16(17-4)13-6-7-19-12(13)3/h6-9,16-17H,1-5H3. The van der Waals surface area contributed by atoms with Gasteiger partial charge in [0.05, 0.1) is 19.4 Å². The fourth-order valence-corrected chi connectivity index (χ4v) is 2.63. The molecule has 1 N–H and O–H groups in total. The third-order valence-corrected chi connectivity index (χ3v) is 3.50. The van der Waals surface area contributed by atoms with Crippen molar-refractivity contribution < 1.29 is 9.15 Å². The quantitative estimate of drug-likeness (QED) is 0.912. The molecule has 3 heteroatoms. The summed E-state index contributed by atoms with van der Waals surface area (Å²) in [6, 6.07) is 6.34. The van der Waals surface area contributed by atoms with Gasteiger partial charge < -0.3 is 14.5 Å². The number of aryl methyl sites for hydroxylation is 3. The lowest BCUT2D eigenvalue weighted by Gasteiger charge is -2.22. The van der Waals surface area contributed by atoms with Crippen LogP contribution in [0.25, 0.3) is 0 Å². The first kappa shape index (κ1) is 13.7. The van der Waals surface area contributed by atoms with E-state index >= 15 is 0 Å². The van der Waals surface area contributed by atoms with Crippen LogP contribution >= 0.6 is 0 Å². The van der Waals surface area contributed by atoms with Crippen molar-refractivity contribution in [2.75, 3.05) is 14.2 Å². The second-order valence-electron chi connectivity index (χ2n) is 4.85. The van der Waals surface area contributed by atoms with Gasteiger partial charge in [0.15, 0.2) is 0 Å². The third-order valence-electron chi connectivity index (χ3n) is 3.50. The predicted octanol–water partition coefficient (Wildman–Crippen LogP) is 3.52. The van der Waals surface area contributed by atoms with Crippen molar-refractivity contribution in [2.45, 2.75) is 26.8 Å². The van der Waals surface area contributed by atoms with Crippen molar-refractivity contribution in [2.24, 2.45) is 0 Å². The van der Waals surface area contributed by atoms with E-state index in [4.69, 9.17) is 9.15 Å². The summed E-state index contributed by atoms with van der Waals surface area (Å²) >= 11 is 0. The minimum atomic E-state index is 0.0781. The van der Waals surface area contributed by atoms with E-state index in [0.29, 0.717) is 0 Å². The number of nitrogens with one attached hydrogen (secondary N) is 1. The highest BCUT2D eigenvalue weighted by molar-refractivity contribution is 5.49. The Bertz CT molecular complexity index is 572. The summed E-state index contributed by atoms with van der Waals surface area (Å²) in [5, 5.41) is 3.36. The van der Waals surface area contributed by atoms with E-state index in [0.717, 1.165) is 17.1 Å². The molecule has 1 atom stereocenters. The average Bonchev–Trinajstić information content (AvgIpc) is 2.78. The zero-order valence-electron chi connectivity index (χ0n) is 12.2. The van der Waals surface area contributed by atoms with Crippen LogP contribution in [0.4, 0.5) is 0 Å². The molecule has 0 aliphatic heterocycles. The molecular formula is C16H21NO2. The van der Waals surface area contributed by atoms with Gasteiger partial charge in [0.1, 0.15) is 11.5 Å². The van der Waals surface area contributed by atoms with Crippen molar-refractivity contribution in [3.63, 3.8) is 0 Å². The molecule has 0 saturated heterocycles. The van der Waals surface area contributed by atoms with Crippen LogP contribution < -0.4 is 10.1 Å². The van der Waals surface area contributed by atoms with Gasteiger partial charge in [-0.25, -0.2) is 0 Å². The van der Waals surface area contributed by atoms with Crippen molar-refractivity contribution in [1.29, 1.82) is 0 Å². The largest absolute Gasteiger partial charge is 0.496 e. The molecule has 102 valence electrons. The van der Waals surface area contributed by atoms with E-state index in [9.17, 15) is 0 Å². The molecule has 0 aliphatic carbocycles. The van der Waals surface area contributed by atoms with Crippen LogP contribution in [-0.2, 0) is 0 Å². The molecule has 3 nitrogen and oxygen atoms in total. The molecule has 1 aromatic carbocycles. The maximum atomic E-state index is 5.56. The van der Waals surface area contributed by atoms with E-state index in [-0.39, 0.29) is 6.04 Å². The molecule has 1 unspecified atom stereocenters. The van der Waals surface area contributed by atoms with E-state index in [1.165, 1.54) is 16.7 Å². The highest BCUT2D eigenvalue weighted by atomic mass is 16.5. The second kappa shape index (κ2) is 5.49. The second-order valence-corrected chi connectivity index (χ2v) is 4.85. The number of furan rings is 1. The normalized spacial score (nSPS) is 12.5. The molecule has 0 spiro atoms. The van der Waals surface area contributed by atoms with Gasteiger partial charge >= 0.3 is 0 Å². The SMILES string of the molecule is CNC(c1ccoc1C)c1c(C)cc(C)cc1OC. The third kappa shape index (κ3) is 2.51. The van der Waals surface area contributed by atoms with Crippen molar-refractivity contribution in [3.8, 4) is 5.75 Å². The maximum absolute atomic E-state index is 5.56. The smallest absolute Gasteiger partial charge is 0.124 e. The number of rotatable bonds is 4. The zero-order chi connectivity index (χ0) is 14.0. The highest BCUT2D eigenvalue weighted by Gasteiger charge is 2.22. The number of ether oxygens (including phenoxy) is 1. The van der Waals surface area contributed by atoms with Gasteiger partial charge in [0, 0.05) is 11.1 Å².